The zero-order chi connectivity index (χ0) is 13.1. The fourth-order valence-corrected chi connectivity index (χ4v) is 2.20. The van der Waals surface area contributed by atoms with Crippen molar-refractivity contribution in [3.63, 3.8) is 0 Å². The molecule has 1 fully saturated rings. The van der Waals surface area contributed by atoms with Gasteiger partial charge in [0.25, 0.3) is 0 Å². The summed E-state index contributed by atoms with van der Waals surface area (Å²) in [4.78, 5) is 11.8. The van der Waals surface area contributed by atoms with Gasteiger partial charge in [-0.3, -0.25) is 9.48 Å². The molecule has 2 rings (SSSR count). The van der Waals surface area contributed by atoms with E-state index in [2.05, 4.69) is 15.7 Å². The molecule has 0 saturated carbocycles. The van der Waals surface area contributed by atoms with Gasteiger partial charge in [-0.2, -0.15) is 5.10 Å². The number of hydrogen-bond acceptors (Lipinski definition) is 4. The Balaban J connectivity index is 0.00000180. The van der Waals surface area contributed by atoms with Crippen LogP contribution in [0.4, 0.5) is 0 Å². The number of carbonyl (C=O) groups excluding carboxylic acids is 1. The van der Waals surface area contributed by atoms with Crippen molar-refractivity contribution in [3.05, 3.63) is 17.5 Å². The molecule has 0 spiro atoms. The van der Waals surface area contributed by atoms with E-state index in [9.17, 15) is 9.90 Å². The van der Waals surface area contributed by atoms with Crippen LogP contribution >= 0.6 is 24.8 Å². The monoisotopic (exact) mass is 324 g/mol. The minimum Gasteiger partial charge on any atom is -0.391 e. The van der Waals surface area contributed by atoms with Gasteiger partial charge in [-0.1, -0.05) is 0 Å². The third-order valence-electron chi connectivity index (χ3n) is 3.26. The molecule has 1 aromatic heterocycles. The Labute approximate surface area is 131 Å². The molecule has 8 heteroatoms. The zero-order valence-electron chi connectivity index (χ0n) is 11.6. The molecule has 2 unspecified atom stereocenters. The smallest absolute Gasteiger partial charge is 0.241 e. The Morgan fingerprint density at radius 1 is 1.50 bits per heavy atom. The standard InChI is InChI=1S/C12H20N4O2.2ClH/c1-8-3-9(2)16(15-8)7-12(18)14-5-10-4-13-6-11(10)17;;/h3,10-11,13,17H,4-7H2,1-2H3,(H,14,18);2*1H. The summed E-state index contributed by atoms with van der Waals surface area (Å²) in [6, 6.07) is 1.94. The molecule has 1 aromatic rings. The van der Waals surface area contributed by atoms with Crippen LogP contribution in [0, 0.1) is 19.8 Å². The van der Waals surface area contributed by atoms with Gasteiger partial charge < -0.3 is 15.7 Å². The third-order valence-corrected chi connectivity index (χ3v) is 3.26. The lowest BCUT2D eigenvalue weighted by Gasteiger charge is -2.14. The van der Waals surface area contributed by atoms with Gasteiger partial charge in [-0.25, -0.2) is 0 Å². The number of halogens is 2. The van der Waals surface area contributed by atoms with E-state index in [4.69, 9.17) is 0 Å². The maximum Gasteiger partial charge on any atom is 0.241 e. The molecule has 1 saturated heterocycles. The van der Waals surface area contributed by atoms with Crippen molar-refractivity contribution in [1.82, 2.24) is 20.4 Å². The second-order valence-corrected chi connectivity index (χ2v) is 4.87. The quantitative estimate of drug-likeness (QED) is 0.730. The first-order valence-electron chi connectivity index (χ1n) is 6.23. The van der Waals surface area contributed by atoms with Crippen LogP contribution in [0.25, 0.3) is 0 Å². The number of β-amino-alcohol motifs (C(OH)–C–C–N with tert-alkyl or cyclic N) is 1. The largest absolute Gasteiger partial charge is 0.391 e. The predicted molar refractivity (Wildman–Crippen MR) is 81.6 cm³/mol. The van der Waals surface area contributed by atoms with Crippen LogP contribution < -0.4 is 10.6 Å². The average molecular weight is 325 g/mol. The van der Waals surface area contributed by atoms with Crippen LogP contribution in [0.2, 0.25) is 0 Å². The summed E-state index contributed by atoms with van der Waals surface area (Å²) in [5.74, 6) is 0.0368. The topological polar surface area (TPSA) is 79.2 Å². The highest BCUT2D eigenvalue weighted by molar-refractivity contribution is 5.85. The van der Waals surface area contributed by atoms with Crippen LogP contribution in [0.1, 0.15) is 11.4 Å². The van der Waals surface area contributed by atoms with Crippen molar-refractivity contribution >= 4 is 30.7 Å². The Morgan fingerprint density at radius 2 is 2.20 bits per heavy atom. The van der Waals surface area contributed by atoms with Gasteiger partial charge in [-0.15, -0.1) is 24.8 Å². The van der Waals surface area contributed by atoms with Crippen molar-refractivity contribution in [2.45, 2.75) is 26.5 Å². The molecular weight excluding hydrogens is 303 g/mol. The number of rotatable bonds is 4. The van der Waals surface area contributed by atoms with Crippen LogP contribution in [-0.2, 0) is 11.3 Å². The van der Waals surface area contributed by atoms with Gasteiger partial charge in [0.15, 0.2) is 0 Å². The molecule has 6 nitrogen and oxygen atoms in total. The van der Waals surface area contributed by atoms with Gasteiger partial charge in [0.2, 0.25) is 5.91 Å². The first kappa shape index (κ1) is 19.2. The summed E-state index contributed by atoms with van der Waals surface area (Å²) in [6.07, 6.45) is -0.362. The third kappa shape index (κ3) is 4.94. The summed E-state index contributed by atoms with van der Waals surface area (Å²) < 4.78 is 1.69. The molecule has 2 heterocycles. The van der Waals surface area contributed by atoms with E-state index in [1.165, 1.54) is 0 Å². The number of aliphatic hydroxyl groups excluding tert-OH is 1. The number of nitrogens with zero attached hydrogens (tertiary/aromatic N) is 2. The molecule has 0 aliphatic carbocycles. The van der Waals surface area contributed by atoms with Crippen molar-refractivity contribution in [2.75, 3.05) is 19.6 Å². The zero-order valence-corrected chi connectivity index (χ0v) is 13.3. The van der Waals surface area contributed by atoms with Gasteiger partial charge in [-0.05, 0) is 19.9 Å². The second kappa shape index (κ2) is 8.46. The predicted octanol–water partition coefficient (Wildman–Crippen LogP) is 0.0400. The molecule has 2 atom stereocenters. The minimum absolute atomic E-state index is 0. The summed E-state index contributed by atoms with van der Waals surface area (Å²) in [5, 5.41) is 19.8. The van der Waals surface area contributed by atoms with Crippen molar-refractivity contribution in [3.8, 4) is 0 Å². The molecule has 20 heavy (non-hydrogen) atoms. The highest BCUT2D eigenvalue weighted by Crippen LogP contribution is 2.07. The van der Waals surface area contributed by atoms with Gasteiger partial charge in [0.1, 0.15) is 6.54 Å². The van der Waals surface area contributed by atoms with Crippen LogP contribution in [0.3, 0.4) is 0 Å². The van der Waals surface area contributed by atoms with Crippen LogP contribution in [-0.4, -0.2) is 46.5 Å². The normalized spacial score (nSPS) is 20.9. The van der Waals surface area contributed by atoms with Crippen LogP contribution in [0.15, 0.2) is 6.07 Å². The number of hydrogen-bond donors (Lipinski definition) is 3. The molecule has 0 bridgehead atoms. The molecule has 0 aromatic carbocycles. The SMILES string of the molecule is Cc1cc(C)n(CC(=O)NCC2CNCC2O)n1.Cl.Cl. The average Bonchev–Trinajstić information content (AvgIpc) is 2.83. The molecular formula is C12H22Cl2N4O2. The number of aliphatic hydroxyl groups is 1. The maximum absolute atomic E-state index is 11.8. The molecule has 0 radical (unpaired) electrons. The van der Waals surface area contributed by atoms with Gasteiger partial charge in [0, 0.05) is 31.2 Å². The van der Waals surface area contributed by atoms with Crippen molar-refractivity contribution < 1.29 is 9.90 Å². The number of nitrogens with one attached hydrogen (secondary N) is 2. The van der Waals surface area contributed by atoms with E-state index in [-0.39, 0.29) is 49.3 Å². The maximum atomic E-state index is 11.8. The Kier molecular flexibility index (Phi) is 8.12. The van der Waals surface area contributed by atoms with Crippen LogP contribution in [0.5, 0.6) is 0 Å². The van der Waals surface area contributed by atoms with E-state index in [0.717, 1.165) is 17.9 Å². The second-order valence-electron chi connectivity index (χ2n) is 4.87. The molecule has 1 aliphatic rings. The van der Waals surface area contributed by atoms with E-state index < -0.39 is 0 Å². The minimum atomic E-state index is -0.362. The number of aryl methyl sites for hydroxylation is 2. The summed E-state index contributed by atoms with van der Waals surface area (Å²) in [5.41, 5.74) is 1.89. The molecule has 116 valence electrons. The van der Waals surface area contributed by atoms with E-state index in [1.807, 2.05) is 19.9 Å². The molecule has 1 amide bonds. The van der Waals surface area contributed by atoms with E-state index in [1.54, 1.807) is 4.68 Å². The van der Waals surface area contributed by atoms with E-state index in [0.29, 0.717) is 13.1 Å². The lowest BCUT2D eigenvalue weighted by atomic mass is 10.1. The first-order valence-corrected chi connectivity index (χ1v) is 6.23. The highest BCUT2D eigenvalue weighted by atomic mass is 35.5. The summed E-state index contributed by atoms with van der Waals surface area (Å²) in [6.45, 7) is 5.93. The van der Waals surface area contributed by atoms with Gasteiger partial charge >= 0.3 is 0 Å². The van der Waals surface area contributed by atoms with E-state index >= 15 is 0 Å². The Bertz CT molecular complexity index is 439. The number of amides is 1. The fraction of sp³-hybridized carbons (Fsp3) is 0.667. The summed E-state index contributed by atoms with van der Waals surface area (Å²) in [7, 11) is 0. The number of carbonyl (C=O) groups is 1. The first-order chi connectivity index (χ1) is 8.56. The number of aromatic nitrogens is 2. The Morgan fingerprint density at radius 3 is 2.70 bits per heavy atom. The molecule has 1 aliphatic heterocycles. The lowest BCUT2D eigenvalue weighted by molar-refractivity contribution is -0.122. The van der Waals surface area contributed by atoms with Gasteiger partial charge in [0.05, 0.1) is 11.8 Å². The van der Waals surface area contributed by atoms with Crippen molar-refractivity contribution in [1.29, 1.82) is 0 Å². The Hall–Kier alpha value is -0.820. The van der Waals surface area contributed by atoms with Crippen molar-refractivity contribution in [2.24, 2.45) is 5.92 Å². The highest BCUT2D eigenvalue weighted by Gasteiger charge is 2.25. The summed E-state index contributed by atoms with van der Waals surface area (Å²) >= 11 is 0. The fourth-order valence-electron chi connectivity index (χ4n) is 2.20. The molecule has 3 N–H and O–H groups in total. The lowest BCUT2D eigenvalue weighted by Crippen LogP contribution is -2.36.